The van der Waals surface area contributed by atoms with Crippen LogP contribution in [0, 0.1) is 0 Å². The van der Waals surface area contributed by atoms with Crippen LogP contribution in [-0.4, -0.2) is 22.1 Å². The second kappa shape index (κ2) is 9.44. The zero-order valence-corrected chi connectivity index (χ0v) is 18.5. The first kappa shape index (κ1) is 21.9. The van der Waals surface area contributed by atoms with Gasteiger partial charge in [-0.15, -0.1) is 0 Å². The minimum atomic E-state index is -0.302. The number of rotatable bonds is 6. The van der Waals surface area contributed by atoms with Crippen LogP contribution in [0.15, 0.2) is 66.7 Å². The average Bonchev–Trinajstić information content (AvgIpc) is 3.19. The lowest BCUT2D eigenvalue weighted by Gasteiger charge is -2.11. The minimum absolute atomic E-state index is 0.276. The van der Waals surface area contributed by atoms with E-state index in [0.29, 0.717) is 34.6 Å². The summed E-state index contributed by atoms with van der Waals surface area (Å²) in [7, 11) is 0. The molecular weight excluding hydrogens is 416 g/mol. The summed E-state index contributed by atoms with van der Waals surface area (Å²) in [5, 5.41) is 15.9. The number of aromatic nitrogens is 2. The van der Waals surface area contributed by atoms with E-state index in [-0.39, 0.29) is 17.8 Å². The molecule has 0 aliphatic carbocycles. The molecular formula is C25H26N6O2. The molecule has 4 rings (SSSR count). The van der Waals surface area contributed by atoms with Gasteiger partial charge in [-0.05, 0) is 53.4 Å². The van der Waals surface area contributed by atoms with Crippen molar-refractivity contribution in [2.75, 3.05) is 16.4 Å². The summed E-state index contributed by atoms with van der Waals surface area (Å²) in [6.45, 7) is 4.56. The highest BCUT2D eigenvalue weighted by Gasteiger charge is 2.14. The standard InChI is InChI=1S/C25H26N6O2/c1-15(2)17-9-11-18(12-10-17)29-25(33)27-14-16-5-3-6-19(13-16)28-24(32)20-7-4-8-21-22(20)23(26)31-30-21/h3-13,15H,14H2,1-2H3,(H,28,32)(H3,26,30,31)(H2,27,29,33). The van der Waals surface area contributed by atoms with Gasteiger partial charge in [0.15, 0.2) is 5.82 Å². The van der Waals surface area contributed by atoms with Gasteiger partial charge in [0, 0.05) is 17.9 Å². The third-order valence-corrected chi connectivity index (χ3v) is 5.34. The normalized spacial score (nSPS) is 10.9. The van der Waals surface area contributed by atoms with Crippen LogP contribution in [0.5, 0.6) is 0 Å². The van der Waals surface area contributed by atoms with E-state index in [2.05, 4.69) is 40.0 Å². The molecule has 0 aliphatic heterocycles. The first-order valence-corrected chi connectivity index (χ1v) is 10.7. The molecule has 0 radical (unpaired) electrons. The largest absolute Gasteiger partial charge is 0.382 e. The summed E-state index contributed by atoms with van der Waals surface area (Å²) in [5.41, 5.74) is 10.4. The summed E-state index contributed by atoms with van der Waals surface area (Å²) >= 11 is 0. The van der Waals surface area contributed by atoms with Crippen LogP contribution >= 0.6 is 0 Å². The number of nitrogens with two attached hydrogens (primary N) is 1. The number of nitrogens with zero attached hydrogens (tertiary/aromatic N) is 1. The fraction of sp³-hybridized carbons (Fsp3) is 0.160. The number of amides is 3. The number of nitrogen functional groups attached to an aromatic ring is 1. The number of carbonyl (C=O) groups is 2. The van der Waals surface area contributed by atoms with E-state index in [4.69, 9.17) is 5.73 Å². The van der Waals surface area contributed by atoms with Gasteiger partial charge in [-0.25, -0.2) is 4.79 Å². The molecule has 6 N–H and O–H groups in total. The SMILES string of the molecule is CC(C)c1ccc(NC(=O)NCc2cccc(NC(=O)c3cccc4[nH]nc(N)c34)c2)cc1. The van der Waals surface area contributed by atoms with Crippen molar-refractivity contribution in [3.05, 3.63) is 83.4 Å². The molecule has 0 spiro atoms. The number of benzene rings is 3. The summed E-state index contributed by atoms with van der Waals surface area (Å²) in [6.07, 6.45) is 0. The smallest absolute Gasteiger partial charge is 0.319 e. The lowest BCUT2D eigenvalue weighted by molar-refractivity contribution is 0.102. The van der Waals surface area contributed by atoms with Crippen LogP contribution in [0.25, 0.3) is 10.9 Å². The van der Waals surface area contributed by atoms with E-state index in [0.717, 1.165) is 11.3 Å². The van der Waals surface area contributed by atoms with Crippen molar-refractivity contribution < 1.29 is 9.59 Å². The van der Waals surface area contributed by atoms with Crippen LogP contribution in [-0.2, 0) is 6.54 Å². The number of H-pyrrole nitrogens is 1. The summed E-state index contributed by atoms with van der Waals surface area (Å²) < 4.78 is 0. The number of anilines is 3. The number of hydrogen-bond acceptors (Lipinski definition) is 4. The Hall–Kier alpha value is -4.33. The van der Waals surface area contributed by atoms with Gasteiger partial charge in [0.2, 0.25) is 0 Å². The predicted octanol–water partition coefficient (Wildman–Crippen LogP) is 4.84. The maximum atomic E-state index is 12.8. The van der Waals surface area contributed by atoms with E-state index in [1.165, 1.54) is 5.56 Å². The molecule has 168 valence electrons. The lowest BCUT2D eigenvalue weighted by Crippen LogP contribution is -2.28. The van der Waals surface area contributed by atoms with Gasteiger partial charge in [-0.2, -0.15) is 5.10 Å². The number of aromatic amines is 1. The third-order valence-electron chi connectivity index (χ3n) is 5.34. The van der Waals surface area contributed by atoms with Crippen LogP contribution in [0.2, 0.25) is 0 Å². The molecule has 8 nitrogen and oxygen atoms in total. The maximum absolute atomic E-state index is 12.8. The van der Waals surface area contributed by atoms with E-state index < -0.39 is 0 Å². The van der Waals surface area contributed by atoms with E-state index >= 15 is 0 Å². The van der Waals surface area contributed by atoms with Gasteiger partial charge in [0.05, 0.1) is 16.5 Å². The van der Waals surface area contributed by atoms with E-state index in [1.54, 1.807) is 18.2 Å². The molecule has 3 amide bonds. The van der Waals surface area contributed by atoms with E-state index in [9.17, 15) is 9.59 Å². The van der Waals surface area contributed by atoms with Gasteiger partial charge in [-0.1, -0.05) is 44.2 Å². The highest BCUT2D eigenvalue weighted by Crippen LogP contribution is 2.23. The van der Waals surface area contributed by atoms with Crippen molar-refractivity contribution >= 4 is 40.0 Å². The van der Waals surface area contributed by atoms with Crippen molar-refractivity contribution in [3.8, 4) is 0 Å². The zero-order valence-electron chi connectivity index (χ0n) is 18.5. The quantitative estimate of drug-likeness (QED) is 0.293. The molecule has 8 heteroatoms. The highest BCUT2D eigenvalue weighted by molar-refractivity contribution is 6.14. The number of fused-ring (bicyclic) bond motifs is 1. The summed E-state index contributed by atoms with van der Waals surface area (Å²) in [4.78, 5) is 25.1. The maximum Gasteiger partial charge on any atom is 0.319 e. The average molecular weight is 443 g/mol. The number of nitrogens with one attached hydrogen (secondary N) is 4. The molecule has 0 bridgehead atoms. The van der Waals surface area contributed by atoms with Gasteiger partial charge >= 0.3 is 6.03 Å². The second-order valence-corrected chi connectivity index (χ2v) is 8.08. The number of carbonyl (C=O) groups excluding carboxylic acids is 2. The Morgan fingerprint density at radius 1 is 0.970 bits per heavy atom. The second-order valence-electron chi connectivity index (χ2n) is 8.08. The van der Waals surface area contributed by atoms with Gasteiger partial charge in [0.1, 0.15) is 0 Å². The van der Waals surface area contributed by atoms with Crippen LogP contribution in [0.3, 0.4) is 0 Å². The minimum Gasteiger partial charge on any atom is -0.382 e. The Balaban J connectivity index is 1.37. The molecule has 3 aromatic carbocycles. The zero-order chi connectivity index (χ0) is 23.4. The van der Waals surface area contributed by atoms with Crippen molar-refractivity contribution in [1.29, 1.82) is 0 Å². The molecule has 0 fully saturated rings. The monoisotopic (exact) mass is 442 g/mol. The highest BCUT2D eigenvalue weighted by atomic mass is 16.2. The molecule has 1 heterocycles. The molecule has 33 heavy (non-hydrogen) atoms. The Labute approximate surface area is 191 Å². The van der Waals surface area contributed by atoms with Gasteiger partial charge in [0.25, 0.3) is 5.91 Å². The van der Waals surface area contributed by atoms with Crippen molar-refractivity contribution in [2.45, 2.75) is 26.3 Å². The molecule has 1 aromatic heterocycles. The van der Waals surface area contributed by atoms with Crippen LogP contribution < -0.4 is 21.7 Å². The summed E-state index contributed by atoms with van der Waals surface area (Å²) in [5.74, 6) is 0.422. The first-order valence-electron chi connectivity index (χ1n) is 10.7. The number of hydrogen-bond donors (Lipinski definition) is 5. The molecule has 0 unspecified atom stereocenters. The first-order chi connectivity index (χ1) is 15.9. The summed E-state index contributed by atoms with van der Waals surface area (Å²) in [6, 6.07) is 20.1. The molecule has 0 atom stereocenters. The Kier molecular flexibility index (Phi) is 6.26. The van der Waals surface area contributed by atoms with Gasteiger partial charge in [-0.3, -0.25) is 9.89 Å². The molecule has 0 aliphatic rings. The topological polar surface area (TPSA) is 125 Å². The van der Waals surface area contributed by atoms with Crippen molar-refractivity contribution in [3.63, 3.8) is 0 Å². The number of urea groups is 1. The fourth-order valence-electron chi connectivity index (χ4n) is 3.55. The lowest BCUT2D eigenvalue weighted by atomic mass is 10.0. The fourth-order valence-corrected chi connectivity index (χ4v) is 3.55. The Morgan fingerprint density at radius 3 is 2.48 bits per heavy atom. The van der Waals surface area contributed by atoms with E-state index in [1.807, 2.05) is 48.5 Å². The predicted molar refractivity (Wildman–Crippen MR) is 131 cm³/mol. The molecule has 0 saturated heterocycles. The Morgan fingerprint density at radius 2 is 1.73 bits per heavy atom. The van der Waals surface area contributed by atoms with Crippen molar-refractivity contribution in [1.82, 2.24) is 15.5 Å². The van der Waals surface area contributed by atoms with Crippen molar-refractivity contribution in [2.24, 2.45) is 0 Å². The van der Waals surface area contributed by atoms with Gasteiger partial charge < -0.3 is 21.7 Å². The molecule has 4 aromatic rings. The Bertz CT molecular complexity index is 1290. The van der Waals surface area contributed by atoms with Crippen LogP contribution in [0.4, 0.5) is 22.0 Å². The molecule has 0 saturated carbocycles. The van der Waals surface area contributed by atoms with Crippen LogP contribution in [0.1, 0.15) is 41.3 Å². The third kappa shape index (κ3) is 5.12.